The number of rotatable bonds is 7. The van der Waals surface area contributed by atoms with Gasteiger partial charge in [-0.2, -0.15) is 0 Å². The predicted molar refractivity (Wildman–Crippen MR) is 69.2 cm³/mol. The summed E-state index contributed by atoms with van der Waals surface area (Å²) in [4.78, 5) is 22.5. The van der Waals surface area contributed by atoms with Gasteiger partial charge in [-0.1, -0.05) is 27.4 Å². The van der Waals surface area contributed by atoms with Gasteiger partial charge in [0, 0.05) is 12.1 Å². The lowest BCUT2D eigenvalue weighted by atomic mass is 10.1. The Bertz CT molecular complexity index is 289. The molecule has 2 atom stereocenters. The zero-order chi connectivity index (χ0) is 14.1. The Labute approximate surface area is 109 Å². The molecule has 0 aliphatic heterocycles. The van der Waals surface area contributed by atoms with E-state index in [9.17, 15) is 9.59 Å². The largest absolute Gasteiger partial charge is 0.459 e. The molecule has 1 N–H and O–H groups in total. The van der Waals surface area contributed by atoms with Gasteiger partial charge in [0.1, 0.15) is 12.7 Å². The second kappa shape index (κ2) is 8.55. The second-order valence-corrected chi connectivity index (χ2v) is 4.48. The fourth-order valence-electron chi connectivity index (χ4n) is 1.06. The summed E-state index contributed by atoms with van der Waals surface area (Å²) in [5.41, 5.74) is 0. The van der Waals surface area contributed by atoms with Crippen molar-refractivity contribution in [1.82, 2.24) is 5.32 Å². The molecule has 0 spiro atoms. The predicted octanol–water partition coefficient (Wildman–Crippen LogP) is 2.26. The standard InChI is InChI=1S/C13H23NO4/c1-6-10(5)14-13(16)18-11(9(3)4)8-17-12(15)7-2/h7,9-11H,2,6,8H2,1,3-5H3,(H,14,16). The van der Waals surface area contributed by atoms with Gasteiger partial charge in [-0.05, 0) is 19.3 Å². The van der Waals surface area contributed by atoms with Crippen LogP contribution < -0.4 is 5.32 Å². The van der Waals surface area contributed by atoms with Gasteiger partial charge >= 0.3 is 12.1 Å². The van der Waals surface area contributed by atoms with E-state index >= 15 is 0 Å². The molecule has 104 valence electrons. The molecule has 0 rings (SSSR count). The summed E-state index contributed by atoms with van der Waals surface area (Å²) in [6.45, 7) is 11.0. The fraction of sp³-hybridized carbons (Fsp3) is 0.692. The van der Waals surface area contributed by atoms with Gasteiger partial charge < -0.3 is 14.8 Å². The molecule has 5 nitrogen and oxygen atoms in total. The van der Waals surface area contributed by atoms with Crippen molar-refractivity contribution in [1.29, 1.82) is 0 Å². The van der Waals surface area contributed by atoms with E-state index in [1.165, 1.54) is 0 Å². The van der Waals surface area contributed by atoms with Crippen molar-refractivity contribution in [2.75, 3.05) is 6.61 Å². The Hall–Kier alpha value is -1.52. The topological polar surface area (TPSA) is 64.6 Å². The van der Waals surface area contributed by atoms with Gasteiger partial charge in [0.25, 0.3) is 0 Å². The molecule has 0 aromatic heterocycles. The first kappa shape index (κ1) is 16.5. The molecular weight excluding hydrogens is 234 g/mol. The Morgan fingerprint density at radius 3 is 2.39 bits per heavy atom. The summed E-state index contributed by atoms with van der Waals surface area (Å²) >= 11 is 0. The van der Waals surface area contributed by atoms with Crippen LogP contribution in [0.3, 0.4) is 0 Å². The quantitative estimate of drug-likeness (QED) is 0.561. The Balaban J connectivity index is 4.22. The molecule has 0 bridgehead atoms. The fourth-order valence-corrected chi connectivity index (χ4v) is 1.06. The highest BCUT2D eigenvalue weighted by atomic mass is 16.6. The van der Waals surface area contributed by atoms with Crippen LogP contribution in [0.2, 0.25) is 0 Å². The van der Waals surface area contributed by atoms with Crippen molar-refractivity contribution in [3.63, 3.8) is 0 Å². The number of nitrogens with one attached hydrogen (secondary N) is 1. The molecule has 0 heterocycles. The van der Waals surface area contributed by atoms with Crippen LogP contribution in [0.15, 0.2) is 12.7 Å². The maximum atomic E-state index is 11.5. The molecule has 0 radical (unpaired) electrons. The summed E-state index contributed by atoms with van der Waals surface area (Å²) in [5, 5.41) is 2.69. The normalized spacial score (nSPS) is 13.6. The minimum absolute atomic E-state index is 0.0381. The van der Waals surface area contributed by atoms with Crippen molar-refractivity contribution < 1.29 is 19.1 Å². The molecule has 1 amide bonds. The highest BCUT2D eigenvalue weighted by Crippen LogP contribution is 2.08. The molecular formula is C13H23NO4. The molecule has 0 aromatic rings. The van der Waals surface area contributed by atoms with Crippen molar-refractivity contribution in [3.05, 3.63) is 12.7 Å². The van der Waals surface area contributed by atoms with E-state index < -0.39 is 18.2 Å². The Kier molecular flexibility index (Phi) is 7.83. The molecule has 2 unspecified atom stereocenters. The van der Waals surface area contributed by atoms with Crippen LogP contribution in [0.1, 0.15) is 34.1 Å². The van der Waals surface area contributed by atoms with Crippen LogP contribution >= 0.6 is 0 Å². The Morgan fingerprint density at radius 1 is 1.33 bits per heavy atom. The lowest BCUT2D eigenvalue weighted by molar-refractivity contribution is -0.141. The average Bonchev–Trinajstić information content (AvgIpc) is 2.33. The van der Waals surface area contributed by atoms with Gasteiger partial charge in [-0.15, -0.1) is 0 Å². The molecule has 0 saturated heterocycles. The van der Waals surface area contributed by atoms with Gasteiger partial charge in [-0.25, -0.2) is 9.59 Å². The number of esters is 1. The number of carbonyl (C=O) groups is 2. The smallest absolute Gasteiger partial charge is 0.407 e. The number of hydrogen-bond acceptors (Lipinski definition) is 4. The zero-order valence-corrected chi connectivity index (χ0v) is 11.6. The van der Waals surface area contributed by atoms with E-state index in [2.05, 4.69) is 11.9 Å². The highest BCUT2D eigenvalue weighted by Gasteiger charge is 2.20. The third kappa shape index (κ3) is 6.93. The molecule has 0 saturated carbocycles. The minimum atomic E-state index is -0.522. The number of alkyl carbamates (subject to hydrolysis) is 1. The third-order valence-corrected chi connectivity index (χ3v) is 2.54. The van der Waals surface area contributed by atoms with E-state index in [4.69, 9.17) is 9.47 Å². The highest BCUT2D eigenvalue weighted by molar-refractivity contribution is 5.81. The van der Waals surface area contributed by atoms with Gasteiger partial charge in [0.15, 0.2) is 0 Å². The average molecular weight is 257 g/mol. The summed E-state index contributed by atoms with van der Waals surface area (Å²) in [6, 6.07) is 0.0565. The summed E-state index contributed by atoms with van der Waals surface area (Å²) in [6.07, 6.45) is 0.958. The van der Waals surface area contributed by atoms with E-state index in [1.54, 1.807) is 0 Å². The van der Waals surface area contributed by atoms with E-state index in [0.29, 0.717) is 0 Å². The first-order valence-corrected chi connectivity index (χ1v) is 6.17. The van der Waals surface area contributed by atoms with Crippen LogP contribution in [0, 0.1) is 5.92 Å². The van der Waals surface area contributed by atoms with Crippen LogP contribution in [-0.4, -0.2) is 30.8 Å². The summed E-state index contributed by atoms with van der Waals surface area (Å²) in [5.74, 6) is -0.461. The number of ether oxygens (including phenoxy) is 2. The molecule has 0 aliphatic rings. The monoisotopic (exact) mass is 257 g/mol. The van der Waals surface area contributed by atoms with Crippen molar-refractivity contribution in [2.24, 2.45) is 5.92 Å². The maximum absolute atomic E-state index is 11.5. The van der Waals surface area contributed by atoms with Crippen LogP contribution in [0.25, 0.3) is 0 Å². The van der Waals surface area contributed by atoms with Gasteiger partial charge in [0.2, 0.25) is 0 Å². The first-order valence-electron chi connectivity index (χ1n) is 6.17. The van der Waals surface area contributed by atoms with E-state index in [1.807, 2.05) is 27.7 Å². The van der Waals surface area contributed by atoms with Crippen LogP contribution in [-0.2, 0) is 14.3 Å². The lowest BCUT2D eigenvalue weighted by Gasteiger charge is -2.22. The van der Waals surface area contributed by atoms with Gasteiger partial charge in [0.05, 0.1) is 0 Å². The first-order chi connectivity index (χ1) is 8.40. The van der Waals surface area contributed by atoms with Gasteiger partial charge in [-0.3, -0.25) is 0 Å². The Morgan fingerprint density at radius 2 is 1.94 bits per heavy atom. The van der Waals surface area contributed by atoms with Crippen molar-refractivity contribution in [3.8, 4) is 0 Å². The van der Waals surface area contributed by atoms with E-state index in [0.717, 1.165) is 12.5 Å². The molecule has 0 aromatic carbocycles. The molecule has 0 aliphatic carbocycles. The minimum Gasteiger partial charge on any atom is -0.459 e. The SMILES string of the molecule is C=CC(=O)OCC(OC(=O)NC(C)CC)C(C)C. The lowest BCUT2D eigenvalue weighted by Crippen LogP contribution is -2.38. The molecule has 18 heavy (non-hydrogen) atoms. The number of hydrogen-bond donors (Lipinski definition) is 1. The third-order valence-electron chi connectivity index (χ3n) is 2.54. The molecule has 0 fully saturated rings. The van der Waals surface area contributed by atoms with Crippen LogP contribution in [0.5, 0.6) is 0 Å². The van der Waals surface area contributed by atoms with E-state index in [-0.39, 0.29) is 18.6 Å². The van der Waals surface area contributed by atoms with Crippen LogP contribution in [0.4, 0.5) is 4.79 Å². The second-order valence-electron chi connectivity index (χ2n) is 4.48. The zero-order valence-electron chi connectivity index (χ0n) is 11.6. The number of carbonyl (C=O) groups excluding carboxylic acids is 2. The van der Waals surface area contributed by atoms with Crippen molar-refractivity contribution >= 4 is 12.1 Å². The molecule has 5 heteroatoms. The summed E-state index contributed by atoms with van der Waals surface area (Å²) < 4.78 is 10.1. The number of amides is 1. The maximum Gasteiger partial charge on any atom is 0.407 e. The summed E-state index contributed by atoms with van der Waals surface area (Å²) in [7, 11) is 0. The van der Waals surface area contributed by atoms with Crippen molar-refractivity contribution in [2.45, 2.75) is 46.3 Å².